The van der Waals surface area contributed by atoms with E-state index < -0.39 is 17.2 Å². The number of rotatable bonds is 2. The normalized spacial score (nSPS) is 12.5. The van der Waals surface area contributed by atoms with Crippen molar-refractivity contribution in [3.05, 3.63) is 41.0 Å². The number of nitrogens with two attached hydrogens (primary N) is 1. The summed E-state index contributed by atoms with van der Waals surface area (Å²) in [5.74, 6) is -0.311. The summed E-state index contributed by atoms with van der Waals surface area (Å²) in [4.78, 5) is 21.0. The Kier molecular flexibility index (Phi) is 4.26. The summed E-state index contributed by atoms with van der Waals surface area (Å²) in [6.07, 6.45) is -1.67. The summed E-state index contributed by atoms with van der Waals surface area (Å²) in [6.45, 7) is 5.08. The number of anilines is 1. The number of thiophene rings is 1. The Morgan fingerprint density at radius 2 is 1.92 bits per heavy atom. The molecular formula is C18H16F3N3OS. The Labute approximate surface area is 151 Å². The van der Waals surface area contributed by atoms with Crippen LogP contribution in [0.15, 0.2) is 30.6 Å². The van der Waals surface area contributed by atoms with E-state index in [1.165, 1.54) is 12.4 Å². The fourth-order valence-corrected chi connectivity index (χ4v) is 3.79. The SMILES string of the molecule is CC(C)(C)C(=O)c1sc2nc(-c3cccnc3)cc(C(F)(F)F)c2c1N. The molecule has 3 aromatic heterocycles. The molecule has 3 aromatic rings. The Bertz CT molecular complexity index is 989. The first-order valence-corrected chi connectivity index (χ1v) is 8.57. The van der Waals surface area contributed by atoms with Crippen molar-refractivity contribution in [1.29, 1.82) is 0 Å². The monoisotopic (exact) mass is 379 g/mol. The number of hydrogen-bond acceptors (Lipinski definition) is 5. The Hall–Kier alpha value is -2.48. The van der Waals surface area contributed by atoms with Crippen LogP contribution in [-0.4, -0.2) is 15.8 Å². The van der Waals surface area contributed by atoms with Crippen molar-refractivity contribution in [2.45, 2.75) is 26.9 Å². The first kappa shape index (κ1) is 18.3. The lowest BCUT2D eigenvalue weighted by Crippen LogP contribution is -2.20. The predicted molar refractivity (Wildman–Crippen MR) is 96.1 cm³/mol. The lowest BCUT2D eigenvalue weighted by molar-refractivity contribution is -0.136. The van der Waals surface area contributed by atoms with Crippen LogP contribution in [0.5, 0.6) is 0 Å². The third-order valence-electron chi connectivity index (χ3n) is 3.85. The Balaban J connectivity index is 2.33. The van der Waals surface area contributed by atoms with E-state index in [9.17, 15) is 18.0 Å². The van der Waals surface area contributed by atoms with E-state index in [0.29, 0.717) is 5.56 Å². The number of nitrogen functional groups attached to an aromatic ring is 1. The molecule has 136 valence electrons. The lowest BCUT2D eigenvalue weighted by Gasteiger charge is -2.15. The van der Waals surface area contributed by atoms with Gasteiger partial charge in [-0.25, -0.2) is 4.98 Å². The molecule has 0 fully saturated rings. The van der Waals surface area contributed by atoms with Gasteiger partial charge in [0.1, 0.15) is 4.83 Å². The number of carbonyl (C=O) groups is 1. The largest absolute Gasteiger partial charge is 0.417 e. The lowest BCUT2D eigenvalue weighted by atomic mass is 9.89. The van der Waals surface area contributed by atoms with Crippen LogP contribution in [-0.2, 0) is 6.18 Å². The molecule has 3 heterocycles. The average molecular weight is 379 g/mol. The molecule has 0 saturated heterocycles. The zero-order valence-electron chi connectivity index (χ0n) is 14.3. The van der Waals surface area contributed by atoms with E-state index >= 15 is 0 Å². The van der Waals surface area contributed by atoms with Crippen LogP contribution in [0.4, 0.5) is 18.9 Å². The highest BCUT2D eigenvalue weighted by atomic mass is 32.1. The molecule has 0 amide bonds. The molecule has 26 heavy (non-hydrogen) atoms. The molecule has 0 atom stereocenters. The quantitative estimate of drug-likeness (QED) is 0.622. The molecule has 0 aliphatic carbocycles. The second-order valence-electron chi connectivity index (χ2n) is 6.90. The molecule has 0 saturated carbocycles. The van der Waals surface area contributed by atoms with Crippen molar-refractivity contribution in [2.24, 2.45) is 5.41 Å². The molecule has 0 aliphatic rings. The van der Waals surface area contributed by atoms with Gasteiger partial charge in [-0.3, -0.25) is 9.78 Å². The van der Waals surface area contributed by atoms with Gasteiger partial charge in [-0.15, -0.1) is 11.3 Å². The van der Waals surface area contributed by atoms with Crippen molar-refractivity contribution >= 4 is 33.0 Å². The van der Waals surface area contributed by atoms with Crippen molar-refractivity contribution in [1.82, 2.24) is 9.97 Å². The fourth-order valence-electron chi connectivity index (χ4n) is 2.52. The summed E-state index contributed by atoms with van der Waals surface area (Å²) in [6, 6.07) is 4.19. The van der Waals surface area contributed by atoms with Gasteiger partial charge in [-0.05, 0) is 18.2 Å². The summed E-state index contributed by atoms with van der Waals surface area (Å²) >= 11 is 0.892. The zero-order valence-corrected chi connectivity index (χ0v) is 15.1. The number of alkyl halides is 3. The molecule has 2 N–H and O–H groups in total. The number of hydrogen-bond donors (Lipinski definition) is 1. The highest BCUT2D eigenvalue weighted by Crippen LogP contribution is 2.44. The third-order valence-corrected chi connectivity index (χ3v) is 4.95. The molecule has 0 aromatic carbocycles. The van der Waals surface area contributed by atoms with E-state index in [-0.39, 0.29) is 32.3 Å². The number of Topliss-reactive ketones (excluding diaryl/α,β-unsaturated/α-hetero) is 1. The minimum atomic E-state index is -4.63. The van der Waals surface area contributed by atoms with Crippen molar-refractivity contribution in [3.8, 4) is 11.3 Å². The van der Waals surface area contributed by atoms with Crippen molar-refractivity contribution in [3.63, 3.8) is 0 Å². The number of halogens is 3. The number of carbonyl (C=O) groups excluding carboxylic acids is 1. The number of aromatic nitrogens is 2. The summed E-state index contributed by atoms with van der Waals surface area (Å²) < 4.78 is 41.0. The van der Waals surface area contributed by atoms with Gasteiger partial charge in [0, 0.05) is 28.8 Å². The maximum atomic E-state index is 13.7. The number of ketones is 1. The predicted octanol–water partition coefficient (Wildman–Crippen LogP) is 5.19. The highest BCUT2D eigenvalue weighted by molar-refractivity contribution is 7.21. The summed E-state index contributed by atoms with van der Waals surface area (Å²) in [5.41, 5.74) is 4.72. The minimum Gasteiger partial charge on any atom is -0.397 e. The van der Waals surface area contributed by atoms with Crippen molar-refractivity contribution < 1.29 is 18.0 Å². The molecule has 8 heteroatoms. The topological polar surface area (TPSA) is 68.9 Å². The van der Waals surface area contributed by atoms with Crippen molar-refractivity contribution in [2.75, 3.05) is 5.73 Å². The first-order chi connectivity index (χ1) is 12.0. The smallest absolute Gasteiger partial charge is 0.397 e. The number of pyridine rings is 2. The maximum Gasteiger partial charge on any atom is 0.417 e. The molecule has 0 spiro atoms. The standard InChI is InChI=1S/C18H16F3N3OS/c1-17(2,3)15(25)14-13(22)12-10(18(19,20)21)7-11(24-16(12)26-14)9-5-4-6-23-8-9/h4-8H,22H2,1-3H3. The van der Waals surface area contributed by atoms with Crippen LogP contribution < -0.4 is 5.73 Å². The van der Waals surface area contributed by atoms with Gasteiger partial charge in [0.2, 0.25) is 0 Å². The van der Waals surface area contributed by atoms with Crippen LogP contribution in [0.3, 0.4) is 0 Å². The molecule has 0 bridgehead atoms. The maximum absolute atomic E-state index is 13.7. The van der Waals surface area contributed by atoms with E-state index in [0.717, 1.165) is 17.4 Å². The van der Waals surface area contributed by atoms with Crippen LogP contribution in [0.1, 0.15) is 36.0 Å². The summed E-state index contributed by atoms with van der Waals surface area (Å²) in [5, 5.41) is -0.220. The molecule has 0 unspecified atom stereocenters. The third kappa shape index (κ3) is 3.16. The van der Waals surface area contributed by atoms with Gasteiger partial charge in [0.15, 0.2) is 5.78 Å². The fraction of sp³-hybridized carbons (Fsp3) is 0.278. The minimum absolute atomic E-state index is 0.0868. The van der Waals surface area contributed by atoms with Gasteiger partial charge in [-0.2, -0.15) is 13.2 Å². The van der Waals surface area contributed by atoms with Gasteiger partial charge in [0.05, 0.1) is 21.8 Å². The average Bonchev–Trinajstić information content (AvgIpc) is 2.89. The number of fused-ring (bicyclic) bond motifs is 1. The van der Waals surface area contributed by atoms with Crippen LogP contribution in [0.25, 0.3) is 21.5 Å². The second kappa shape index (κ2) is 6.05. The molecule has 4 nitrogen and oxygen atoms in total. The Morgan fingerprint density at radius 1 is 1.23 bits per heavy atom. The van der Waals surface area contributed by atoms with E-state index in [4.69, 9.17) is 5.73 Å². The van der Waals surface area contributed by atoms with E-state index in [1.807, 2.05) is 0 Å². The summed E-state index contributed by atoms with van der Waals surface area (Å²) in [7, 11) is 0. The molecule has 0 aliphatic heterocycles. The van der Waals surface area contributed by atoms with Crippen LogP contribution >= 0.6 is 11.3 Å². The zero-order chi connectivity index (χ0) is 19.3. The molecule has 0 radical (unpaired) electrons. The second-order valence-corrected chi connectivity index (χ2v) is 7.90. The first-order valence-electron chi connectivity index (χ1n) is 7.75. The van der Waals surface area contributed by atoms with Gasteiger partial charge >= 0.3 is 6.18 Å². The molecule has 3 rings (SSSR count). The van der Waals surface area contributed by atoms with Gasteiger partial charge < -0.3 is 5.73 Å². The number of nitrogens with zero attached hydrogens (tertiary/aromatic N) is 2. The van der Waals surface area contributed by atoms with Crippen LogP contribution in [0.2, 0.25) is 0 Å². The van der Waals surface area contributed by atoms with Gasteiger partial charge in [-0.1, -0.05) is 20.8 Å². The van der Waals surface area contributed by atoms with Gasteiger partial charge in [0.25, 0.3) is 0 Å². The Morgan fingerprint density at radius 3 is 2.46 bits per heavy atom. The van der Waals surface area contributed by atoms with Crippen LogP contribution in [0, 0.1) is 5.41 Å². The van der Waals surface area contributed by atoms with E-state index in [2.05, 4.69) is 9.97 Å². The van der Waals surface area contributed by atoms with E-state index in [1.54, 1.807) is 32.9 Å². The highest BCUT2D eigenvalue weighted by Gasteiger charge is 2.37. The molecular weight excluding hydrogens is 363 g/mol.